The molecule has 1 heterocycles. The number of aryl methyl sites for hydroxylation is 1. The molecule has 8 nitrogen and oxygen atoms in total. The molecule has 0 saturated carbocycles. The number of carboxylic acid groups (broad SMARTS) is 1. The van der Waals surface area contributed by atoms with E-state index in [-0.39, 0.29) is 12.3 Å². The molecule has 0 aliphatic carbocycles. The summed E-state index contributed by atoms with van der Waals surface area (Å²) in [6.45, 7) is 6.63. The van der Waals surface area contributed by atoms with Gasteiger partial charge in [0.2, 0.25) is 5.91 Å². The standard InChI is InChI=1S/C19H25N3O5/c1-11(2)9-14(16(24)25)20-15(23)10-22-17(26)19(4,21-18(22)27)13-7-5-12(3)6-8-13/h5-8,11,14H,9-10H2,1-4H3,(H,20,23)(H,21,27)(H,24,25)/t14-,19?/m1/s1. The summed E-state index contributed by atoms with van der Waals surface area (Å²) >= 11 is 0. The number of carbonyl (C=O) groups excluding carboxylic acids is 3. The van der Waals surface area contributed by atoms with Gasteiger partial charge in [-0.15, -0.1) is 0 Å². The summed E-state index contributed by atoms with van der Waals surface area (Å²) in [6, 6.07) is 5.41. The van der Waals surface area contributed by atoms with E-state index in [1.54, 1.807) is 19.1 Å². The molecule has 1 aliphatic rings. The number of nitrogens with zero attached hydrogens (tertiary/aromatic N) is 1. The summed E-state index contributed by atoms with van der Waals surface area (Å²) in [5, 5.41) is 14.2. The third-order valence-electron chi connectivity index (χ3n) is 4.55. The largest absolute Gasteiger partial charge is 0.480 e. The summed E-state index contributed by atoms with van der Waals surface area (Å²) < 4.78 is 0. The van der Waals surface area contributed by atoms with Crippen LogP contribution in [-0.2, 0) is 19.9 Å². The van der Waals surface area contributed by atoms with Crippen LogP contribution in [0.4, 0.5) is 4.79 Å². The van der Waals surface area contributed by atoms with Crippen molar-refractivity contribution in [2.45, 2.75) is 45.7 Å². The first-order valence-corrected chi connectivity index (χ1v) is 8.78. The molecule has 4 amide bonds. The van der Waals surface area contributed by atoms with Crippen molar-refractivity contribution < 1.29 is 24.3 Å². The first-order chi connectivity index (χ1) is 12.5. The van der Waals surface area contributed by atoms with E-state index in [1.807, 2.05) is 32.9 Å². The van der Waals surface area contributed by atoms with Crippen molar-refractivity contribution in [1.82, 2.24) is 15.5 Å². The molecular weight excluding hydrogens is 350 g/mol. The third-order valence-corrected chi connectivity index (χ3v) is 4.55. The van der Waals surface area contributed by atoms with Gasteiger partial charge in [0, 0.05) is 0 Å². The summed E-state index contributed by atoms with van der Waals surface area (Å²) in [6.07, 6.45) is 0.252. The first kappa shape index (κ1) is 20.4. The molecule has 1 saturated heterocycles. The minimum atomic E-state index is -1.27. The van der Waals surface area contributed by atoms with Crippen LogP contribution in [0, 0.1) is 12.8 Å². The molecule has 1 aliphatic heterocycles. The van der Waals surface area contributed by atoms with Crippen LogP contribution in [0.25, 0.3) is 0 Å². The Hall–Kier alpha value is -2.90. The van der Waals surface area contributed by atoms with Gasteiger partial charge in [-0.3, -0.25) is 14.5 Å². The van der Waals surface area contributed by atoms with E-state index in [0.29, 0.717) is 5.56 Å². The Morgan fingerprint density at radius 2 is 1.81 bits per heavy atom. The molecule has 1 fully saturated rings. The number of aliphatic carboxylic acids is 1. The molecular formula is C19H25N3O5. The Morgan fingerprint density at radius 1 is 1.22 bits per heavy atom. The zero-order valence-electron chi connectivity index (χ0n) is 15.9. The maximum atomic E-state index is 12.8. The number of amides is 4. The van der Waals surface area contributed by atoms with Gasteiger partial charge in [0.05, 0.1) is 0 Å². The van der Waals surface area contributed by atoms with Gasteiger partial charge in [-0.1, -0.05) is 43.7 Å². The molecule has 3 N–H and O–H groups in total. The molecule has 1 aromatic rings. The number of carboxylic acids is 1. The van der Waals surface area contributed by atoms with Gasteiger partial charge in [-0.2, -0.15) is 0 Å². The molecule has 0 bridgehead atoms. The third kappa shape index (κ3) is 4.45. The molecule has 2 rings (SSSR count). The van der Waals surface area contributed by atoms with Crippen LogP contribution in [0.5, 0.6) is 0 Å². The van der Waals surface area contributed by atoms with E-state index >= 15 is 0 Å². The van der Waals surface area contributed by atoms with E-state index in [0.717, 1.165) is 10.5 Å². The van der Waals surface area contributed by atoms with Crippen molar-refractivity contribution in [2.24, 2.45) is 5.92 Å². The molecule has 27 heavy (non-hydrogen) atoms. The highest BCUT2D eigenvalue weighted by Gasteiger charge is 2.49. The number of benzene rings is 1. The fourth-order valence-electron chi connectivity index (χ4n) is 3.00. The SMILES string of the molecule is Cc1ccc(C2(C)NC(=O)N(CC(=O)N[C@H](CC(C)C)C(=O)O)C2=O)cc1. The zero-order valence-corrected chi connectivity index (χ0v) is 15.9. The average Bonchev–Trinajstić information content (AvgIpc) is 2.78. The Kier molecular flexibility index (Phi) is 5.88. The number of rotatable bonds is 7. The second-order valence-corrected chi connectivity index (χ2v) is 7.40. The lowest BCUT2D eigenvalue weighted by molar-refractivity contribution is -0.142. The Morgan fingerprint density at radius 3 is 2.33 bits per heavy atom. The van der Waals surface area contributed by atoms with Crippen LogP contribution in [-0.4, -0.2) is 46.4 Å². The Balaban J connectivity index is 2.11. The number of imide groups is 1. The lowest BCUT2D eigenvalue weighted by atomic mass is 9.91. The van der Waals surface area contributed by atoms with Crippen LogP contribution < -0.4 is 10.6 Å². The number of carbonyl (C=O) groups is 4. The molecule has 146 valence electrons. The van der Waals surface area contributed by atoms with E-state index < -0.39 is 41.9 Å². The summed E-state index contributed by atoms with van der Waals surface area (Å²) in [5.74, 6) is -2.34. The monoisotopic (exact) mass is 375 g/mol. The lowest BCUT2D eigenvalue weighted by Gasteiger charge is -2.22. The highest BCUT2D eigenvalue weighted by molar-refractivity contribution is 6.09. The first-order valence-electron chi connectivity index (χ1n) is 8.78. The molecule has 0 radical (unpaired) electrons. The van der Waals surface area contributed by atoms with Gasteiger partial charge in [-0.05, 0) is 31.7 Å². The summed E-state index contributed by atoms with van der Waals surface area (Å²) in [5.41, 5.74) is 0.354. The predicted molar refractivity (Wildman–Crippen MR) is 97.8 cm³/mol. The minimum Gasteiger partial charge on any atom is -0.480 e. The smallest absolute Gasteiger partial charge is 0.326 e. The van der Waals surface area contributed by atoms with Crippen LogP contribution >= 0.6 is 0 Å². The van der Waals surface area contributed by atoms with E-state index in [4.69, 9.17) is 0 Å². The molecule has 1 unspecified atom stereocenters. The molecule has 0 spiro atoms. The fourth-order valence-corrected chi connectivity index (χ4v) is 3.00. The predicted octanol–water partition coefficient (Wildman–Crippen LogP) is 1.38. The van der Waals surface area contributed by atoms with E-state index in [2.05, 4.69) is 10.6 Å². The summed E-state index contributed by atoms with van der Waals surface area (Å²) in [4.78, 5) is 49.4. The second-order valence-electron chi connectivity index (χ2n) is 7.40. The molecule has 2 atom stereocenters. The van der Waals surface area contributed by atoms with E-state index in [9.17, 15) is 24.3 Å². The minimum absolute atomic E-state index is 0.0629. The zero-order chi connectivity index (χ0) is 20.4. The maximum absolute atomic E-state index is 12.8. The van der Waals surface area contributed by atoms with Crippen molar-refractivity contribution in [3.05, 3.63) is 35.4 Å². The van der Waals surface area contributed by atoms with E-state index in [1.165, 1.54) is 0 Å². The normalized spacial score (nSPS) is 20.6. The number of hydrogen-bond donors (Lipinski definition) is 3. The average molecular weight is 375 g/mol. The summed E-state index contributed by atoms with van der Waals surface area (Å²) in [7, 11) is 0. The van der Waals surface area contributed by atoms with Gasteiger partial charge in [0.25, 0.3) is 5.91 Å². The molecule has 0 aromatic heterocycles. The van der Waals surface area contributed by atoms with Crippen molar-refractivity contribution in [3.63, 3.8) is 0 Å². The molecule has 1 aromatic carbocycles. The van der Waals surface area contributed by atoms with Crippen LogP contribution in [0.3, 0.4) is 0 Å². The van der Waals surface area contributed by atoms with Crippen LogP contribution in [0.2, 0.25) is 0 Å². The van der Waals surface area contributed by atoms with Crippen LogP contribution in [0.1, 0.15) is 38.3 Å². The topological polar surface area (TPSA) is 116 Å². The second kappa shape index (κ2) is 7.77. The highest BCUT2D eigenvalue weighted by atomic mass is 16.4. The van der Waals surface area contributed by atoms with Crippen molar-refractivity contribution >= 4 is 23.8 Å². The van der Waals surface area contributed by atoms with Crippen molar-refractivity contribution in [1.29, 1.82) is 0 Å². The van der Waals surface area contributed by atoms with Gasteiger partial charge in [-0.25, -0.2) is 9.59 Å². The van der Waals surface area contributed by atoms with Gasteiger partial charge >= 0.3 is 12.0 Å². The van der Waals surface area contributed by atoms with Crippen LogP contribution in [0.15, 0.2) is 24.3 Å². The number of hydrogen-bond acceptors (Lipinski definition) is 4. The van der Waals surface area contributed by atoms with Gasteiger partial charge in [0.1, 0.15) is 18.1 Å². The Labute approximate surface area is 157 Å². The van der Waals surface area contributed by atoms with Gasteiger partial charge < -0.3 is 15.7 Å². The number of nitrogens with one attached hydrogen (secondary N) is 2. The van der Waals surface area contributed by atoms with Crippen molar-refractivity contribution in [2.75, 3.05) is 6.54 Å². The number of urea groups is 1. The quantitative estimate of drug-likeness (QED) is 0.623. The Bertz CT molecular complexity index is 759. The highest BCUT2D eigenvalue weighted by Crippen LogP contribution is 2.28. The fraction of sp³-hybridized carbons (Fsp3) is 0.474. The van der Waals surface area contributed by atoms with Gasteiger partial charge in [0.15, 0.2) is 0 Å². The molecule has 8 heteroatoms. The maximum Gasteiger partial charge on any atom is 0.326 e. The lowest BCUT2D eigenvalue weighted by Crippen LogP contribution is -2.48. The van der Waals surface area contributed by atoms with Crippen molar-refractivity contribution in [3.8, 4) is 0 Å².